The van der Waals surface area contributed by atoms with E-state index in [1.54, 1.807) is 0 Å². The second kappa shape index (κ2) is 3.36. The maximum absolute atomic E-state index is 8.65. The molecule has 5 heteroatoms. The fourth-order valence-corrected chi connectivity index (χ4v) is 0.855. The van der Waals surface area contributed by atoms with Gasteiger partial charge in [-0.15, -0.1) is 0 Å². The van der Waals surface area contributed by atoms with Gasteiger partial charge in [0.1, 0.15) is 5.15 Å². The van der Waals surface area contributed by atoms with Crippen molar-refractivity contribution in [2.75, 3.05) is 0 Å². The van der Waals surface area contributed by atoms with Gasteiger partial charge in [-0.3, -0.25) is 0 Å². The Morgan fingerprint density at radius 3 is 2.45 bits per heavy atom. The Morgan fingerprint density at radius 2 is 2.00 bits per heavy atom. The first-order chi connectivity index (χ1) is 5.11. The van der Waals surface area contributed by atoms with E-state index in [0.29, 0.717) is 0 Å². The van der Waals surface area contributed by atoms with E-state index < -0.39 is 6.29 Å². The number of hydrogen-bond donors (Lipinski definition) is 2. The van der Waals surface area contributed by atoms with Crippen molar-refractivity contribution in [3.05, 3.63) is 28.0 Å². The third-order valence-electron chi connectivity index (χ3n) is 1.12. The summed E-state index contributed by atoms with van der Waals surface area (Å²) >= 11 is 11.0. The zero-order chi connectivity index (χ0) is 8.43. The summed E-state index contributed by atoms with van der Waals surface area (Å²) in [6.07, 6.45) is -0.309. The molecule has 2 N–H and O–H groups in total. The summed E-state index contributed by atoms with van der Waals surface area (Å²) in [6, 6.07) is 1.35. The minimum absolute atomic E-state index is 0.149. The van der Waals surface area contributed by atoms with Crippen molar-refractivity contribution in [3.63, 3.8) is 0 Å². The van der Waals surface area contributed by atoms with Gasteiger partial charge in [-0.2, -0.15) is 0 Å². The third kappa shape index (κ3) is 2.04. The molecule has 0 unspecified atom stereocenters. The summed E-state index contributed by atoms with van der Waals surface area (Å²) in [4.78, 5) is 3.61. The molecule has 0 amide bonds. The van der Waals surface area contributed by atoms with Gasteiger partial charge >= 0.3 is 0 Å². The van der Waals surface area contributed by atoms with Gasteiger partial charge < -0.3 is 10.2 Å². The van der Waals surface area contributed by atoms with Crippen molar-refractivity contribution in [2.24, 2.45) is 0 Å². The molecule has 1 rings (SSSR count). The molecule has 0 aromatic carbocycles. The number of halogens is 2. The number of aliphatic hydroxyl groups is 2. The lowest BCUT2D eigenvalue weighted by molar-refractivity contribution is -0.0427. The van der Waals surface area contributed by atoms with E-state index in [1.165, 1.54) is 12.3 Å². The standard InChI is InChI=1S/C6H5Cl2NO2/c7-4-1-3(6(10)11)2-9-5(4)8/h1-2,6,10-11H. The number of pyridine rings is 1. The zero-order valence-electron chi connectivity index (χ0n) is 5.33. The second-order valence-electron chi connectivity index (χ2n) is 1.91. The lowest BCUT2D eigenvalue weighted by atomic mass is 10.3. The highest BCUT2D eigenvalue weighted by Gasteiger charge is 2.05. The molecule has 0 aliphatic rings. The van der Waals surface area contributed by atoms with E-state index in [0.717, 1.165) is 0 Å². The predicted octanol–water partition coefficient (Wildman–Crippen LogP) is 1.37. The molecule has 0 fully saturated rings. The van der Waals surface area contributed by atoms with Crippen molar-refractivity contribution >= 4 is 23.2 Å². The van der Waals surface area contributed by atoms with Crippen LogP contribution in [0.2, 0.25) is 10.2 Å². The smallest absolute Gasteiger partial charge is 0.180 e. The lowest BCUT2D eigenvalue weighted by Gasteiger charge is -2.02. The van der Waals surface area contributed by atoms with Gasteiger partial charge in [-0.25, -0.2) is 4.98 Å². The van der Waals surface area contributed by atoms with E-state index in [4.69, 9.17) is 33.4 Å². The number of nitrogens with zero attached hydrogens (tertiary/aromatic N) is 1. The Bertz CT molecular complexity index is 265. The monoisotopic (exact) mass is 193 g/mol. The van der Waals surface area contributed by atoms with Crippen LogP contribution in [-0.4, -0.2) is 15.2 Å². The van der Waals surface area contributed by atoms with E-state index in [1.807, 2.05) is 0 Å². The Kier molecular flexibility index (Phi) is 2.67. The van der Waals surface area contributed by atoms with Crippen LogP contribution in [0.1, 0.15) is 11.9 Å². The number of aromatic nitrogens is 1. The summed E-state index contributed by atoms with van der Waals surface area (Å²) in [7, 11) is 0. The molecule has 0 atom stereocenters. The summed E-state index contributed by atoms with van der Waals surface area (Å²) in [6.45, 7) is 0. The first-order valence-electron chi connectivity index (χ1n) is 2.78. The Hall–Kier alpha value is -0.350. The fraction of sp³-hybridized carbons (Fsp3) is 0.167. The maximum atomic E-state index is 8.65. The van der Waals surface area contributed by atoms with Crippen LogP contribution in [0, 0.1) is 0 Å². The van der Waals surface area contributed by atoms with E-state index >= 15 is 0 Å². The van der Waals surface area contributed by atoms with Gasteiger partial charge in [0, 0.05) is 11.8 Å². The normalized spacial score (nSPS) is 10.6. The number of aliphatic hydroxyl groups excluding tert-OH is 1. The van der Waals surface area contributed by atoms with Crippen molar-refractivity contribution in [1.29, 1.82) is 0 Å². The Morgan fingerprint density at radius 1 is 1.36 bits per heavy atom. The first kappa shape index (κ1) is 8.74. The van der Waals surface area contributed by atoms with Gasteiger partial charge in [-0.1, -0.05) is 23.2 Å². The molecule has 0 radical (unpaired) electrons. The van der Waals surface area contributed by atoms with E-state index in [-0.39, 0.29) is 15.7 Å². The van der Waals surface area contributed by atoms with Gasteiger partial charge in [0.15, 0.2) is 6.29 Å². The number of rotatable bonds is 1. The minimum Gasteiger partial charge on any atom is -0.364 e. The summed E-state index contributed by atoms with van der Waals surface area (Å²) in [5, 5.41) is 17.7. The summed E-state index contributed by atoms with van der Waals surface area (Å²) < 4.78 is 0. The SMILES string of the molecule is OC(O)c1cnc(Cl)c(Cl)c1. The average Bonchev–Trinajstić information content (AvgIpc) is 1.94. The summed E-state index contributed by atoms with van der Waals surface area (Å²) in [5.74, 6) is 0. The highest BCUT2D eigenvalue weighted by Crippen LogP contribution is 2.21. The van der Waals surface area contributed by atoms with Gasteiger partial charge in [0.2, 0.25) is 0 Å². The molecule has 60 valence electrons. The molecule has 0 aliphatic carbocycles. The lowest BCUT2D eigenvalue weighted by Crippen LogP contribution is -1.95. The van der Waals surface area contributed by atoms with Crippen LogP contribution in [0.15, 0.2) is 12.3 Å². The van der Waals surface area contributed by atoms with Gasteiger partial charge in [0.05, 0.1) is 5.02 Å². The van der Waals surface area contributed by atoms with Crippen LogP contribution < -0.4 is 0 Å². The van der Waals surface area contributed by atoms with Crippen molar-refractivity contribution in [2.45, 2.75) is 6.29 Å². The topological polar surface area (TPSA) is 53.4 Å². The Balaban J connectivity index is 3.05. The molecule has 0 saturated heterocycles. The Labute approximate surface area is 73.2 Å². The minimum atomic E-state index is -1.56. The molecule has 0 bridgehead atoms. The average molecular weight is 194 g/mol. The molecular weight excluding hydrogens is 189 g/mol. The summed E-state index contributed by atoms with van der Waals surface area (Å²) in [5.41, 5.74) is 0.222. The van der Waals surface area contributed by atoms with Crippen molar-refractivity contribution in [3.8, 4) is 0 Å². The molecular formula is C6H5Cl2NO2. The molecule has 1 aromatic rings. The van der Waals surface area contributed by atoms with Crippen LogP contribution >= 0.6 is 23.2 Å². The molecule has 1 aromatic heterocycles. The molecule has 0 aliphatic heterocycles. The second-order valence-corrected chi connectivity index (χ2v) is 2.68. The third-order valence-corrected chi connectivity index (χ3v) is 1.80. The van der Waals surface area contributed by atoms with E-state index in [2.05, 4.69) is 4.98 Å². The fourth-order valence-electron chi connectivity index (χ4n) is 0.577. The van der Waals surface area contributed by atoms with Gasteiger partial charge in [0.25, 0.3) is 0 Å². The molecule has 0 spiro atoms. The quantitative estimate of drug-likeness (QED) is 0.524. The largest absolute Gasteiger partial charge is 0.364 e. The molecule has 1 heterocycles. The molecule has 3 nitrogen and oxygen atoms in total. The van der Waals surface area contributed by atoms with Gasteiger partial charge in [-0.05, 0) is 6.07 Å². The van der Waals surface area contributed by atoms with Crippen molar-refractivity contribution < 1.29 is 10.2 Å². The van der Waals surface area contributed by atoms with Crippen LogP contribution in [0.3, 0.4) is 0 Å². The first-order valence-corrected chi connectivity index (χ1v) is 3.54. The van der Waals surface area contributed by atoms with Crippen LogP contribution in [-0.2, 0) is 0 Å². The van der Waals surface area contributed by atoms with E-state index in [9.17, 15) is 0 Å². The predicted molar refractivity (Wildman–Crippen MR) is 41.4 cm³/mol. The zero-order valence-corrected chi connectivity index (χ0v) is 6.84. The van der Waals surface area contributed by atoms with Crippen molar-refractivity contribution in [1.82, 2.24) is 4.98 Å². The van der Waals surface area contributed by atoms with Crippen LogP contribution in [0.5, 0.6) is 0 Å². The number of hydrogen-bond acceptors (Lipinski definition) is 3. The highest BCUT2D eigenvalue weighted by molar-refractivity contribution is 6.41. The maximum Gasteiger partial charge on any atom is 0.180 e. The van der Waals surface area contributed by atoms with Crippen LogP contribution in [0.25, 0.3) is 0 Å². The highest BCUT2D eigenvalue weighted by atomic mass is 35.5. The molecule has 0 saturated carbocycles. The molecule has 11 heavy (non-hydrogen) atoms. The van der Waals surface area contributed by atoms with Crippen LogP contribution in [0.4, 0.5) is 0 Å².